The number of nitrogens with one attached hydrogen (secondary N) is 1. The lowest BCUT2D eigenvalue weighted by Gasteiger charge is -2.09. The first-order valence-electron chi connectivity index (χ1n) is 7.50. The number of ether oxygens (including phenoxy) is 1. The van der Waals surface area contributed by atoms with Crippen LogP contribution in [0.3, 0.4) is 0 Å². The van der Waals surface area contributed by atoms with E-state index >= 15 is 0 Å². The summed E-state index contributed by atoms with van der Waals surface area (Å²) in [5.41, 5.74) is 14.4. The minimum absolute atomic E-state index is 0.103. The summed E-state index contributed by atoms with van der Waals surface area (Å²) in [6.07, 6.45) is 5.58. The molecule has 6 heteroatoms. The lowest BCUT2D eigenvalue weighted by atomic mass is 10.1. The highest BCUT2D eigenvalue weighted by atomic mass is 16.5. The van der Waals surface area contributed by atoms with Gasteiger partial charge in [0.15, 0.2) is 0 Å². The van der Waals surface area contributed by atoms with E-state index in [1.54, 1.807) is 37.5 Å². The topological polar surface area (TPSA) is 103 Å². The number of aliphatic imine (C=N–C) groups is 1. The molecule has 5 N–H and O–H groups in total. The molecule has 0 spiro atoms. The summed E-state index contributed by atoms with van der Waals surface area (Å²) >= 11 is 0. The van der Waals surface area contributed by atoms with Crippen LogP contribution in [0.25, 0.3) is 5.70 Å². The fourth-order valence-electron chi connectivity index (χ4n) is 1.94. The number of likely N-dealkylation sites (N-methyl/N-ethyl adjacent to an activating group) is 1. The third kappa shape index (κ3) is 5.01. The number of anilines is 1. The third-order valence-corrected chi connectivity index (χ3v) is 3.24. The van der Waals surface area contributed by atoms with Crippen LogP contribution in [0.4, 0.5) is 5.69 Å². The van der Waals surface area contributed by atoms with Crippen molar-refractivity contribution in [3.8, 4) is 5.75 Å². The normalized spacial score (nSPS) is 12.7. The summed E-state index contributed by atoms with van der Waals surface area (Å²) in [6.45, 7) is 5.65. The van der Waals surface area contributed by atoms with Gasteiger partial charge in [-0.25, -0.2) is 0 Å². The van der Waals surface area contributed by atoms with Crippen molar-refractivity contribution in [1.29, 1.82) is 0 Å². The van der Waals surface area contributed by atoms with Crippen molar-refractivity contribution in [1.82, 2.24) is 5.32 Å². The summed E-state index contributed by atoms with van der Waals surface area (Å²) in [4.78, 5) is 16.1. The van der Waals surface area contributed by atoms with Crippen molar-refractivity contribution in [3.63, 3.8) is 0 Å². The molecule has 0 bridgehead atoms. The predicted molar refractivity (Wildman–Crippen MR) is 99.6 cm³/mol. The van der Waals surface area contributed by atoms with E-state index in [0.29, 0.717) is 29.3 Å². The first-order chi connectivity index (χ1) is 11.5. The van der Waals surface area contributed by atoms with E-state index < -0.39 is 0 Å². The Morgan fingerprint density at radius 2 is 2.17 bits per heavy atom. The zero-order valence-corrected chi connectivity index (χ0v) is 14.3. The van der Waals surface area contributed by atoms with Crippen LogP contribution in [-0.2, 0) is 4.79 Å². The highest BCUT2D eigenvalue weighted by Gasteiger charge is 2.07. The predicted octanol–water partition coefficient (Wildman–Crippen LogP) is 2.24. The molecule has 6 nitrogen and oxygen atoms in total. The lowest BCUT2D eigenvalue weighted by Crippen LogP contribution is -2.25. The molecule has 1 rings (SSSR count). The Hall–Kier alpha value is -3.02. The van der Waals surface area contributed by atoms with Crippen LogP contribution in [0.5, 0.6) is 5.75 Å². The Morgan fingerprint density at radius 3 is 2.71 bits per heavy atom. The van der Waals surface area contributed by atoms with Crippen LogP contribution in [0, 0.1) is 0 Å². The molecule has 0 aromatic heterocycles. The minimum atomic E-state index is -0.348. The lowest BCUT2D eigenvalue weighted by molar-refractivity contribution is -0.117. The molecule has 0 heterocycles. The second-order valence-electron chi connectivity index (χ2n) is 4.88. The van der Waals surface area contributed by atoms with Gasteiger partial charge in [0.05, 0.1) is 24.2 Å². The van der Waals surface area contributed by atoms with Crippen molar-refractivity contribution >= 4 is 23.0 Å². The van der Waals surface area contributed by atoms with Crippen LogP contribution in [0.2, 0.25) is 0 Å². The maximum Gasteiger partial charge on any atom is 0.266 e. The number of methoxy groups -OCH3 is 1. The molecule has 128 valence electrons. The summed E-state index contributed by atoms with van der Waals surface area (Å²) < 4.78 is 5.24. The van der Waals surface area contributed by atoms with E-state index in [4.69, 9.17) is 16.2 Å². The largest absolute Gasteiger partial charge is 0.495 e. The number of carbonyl (C=O) groups excluding carboxylic acids is 1. The number of benzene rings is 1. The van der Waals surface area contributed by atoms with Crippen molar-refractivity contribution < 1.29 is 9.53 Å². The van der Waals surface area contributed by atoms with Crippen molar-refractivity contribution in [2.45, 2.75) is 13.3 Å². The van der Waals surface area contributed by atoms with Gasteiger partial charge in [-0.2, -0.15) is 0 Å². The molecular formula is C18H24N4O2. The molecule has 0 saturated heterocycles. The summed E-state index contributed by atoms with van der Waals surface area (Å²) in [6, 6.07) is 5.39. The molecule has 0 unspecified atom stereocenters. The molecule has 0 atom stereocenters. The fraction of sp³-hybridized carbons (Fsp3) is 0.222. The number of allylic oxidation sites excluding steroid dienone is 3. The van der Waals surface area contributed by atoms with Gasteiger partial charge in [-0.1, -0.05) is 25.6 Å². The van der Waals surface area contributed by atoms with E-state index in [9.17, 15) is 4.79 Å². The Bertz CT molecular complexity index is 703. The third-order valence-electron chi connectivity index (χ3n) is 3.24. The number of nitrogens with zero attached hydrogens (tertiary/aromatic N) is 1. The number of hydrogen-bond acceptors (Lipinski definition) is 5. The van der Waals surface area contributed by atoms with Crippen LogP contribution in [0.15, 0.2) is 53.7 Å². The highest BCUT2D eigenvalue weighted by molar-refractivity contribution is 6.05. The second kappa shape index (κ2) is 9.19. The van der Waals surface area contributed by atoms with Gasteiger partial charge in [-0.05, 0) is 30.7 Å². The number of nitrogens with two attached hydrogens (primary N) is 2. The standard InChI is InChI=1S/C18H24N4O2/c1-5-7-16(12-8-9-14(19)17(10-12)24-4)22-13(6-2)11-15(20)18(23)21-3/h5,7-11H,1,6,19-20H2,2-4H3,(H,21,23)/b15-11-,16-7-,22-13-. The van der Waals surface area contributed by atoms with Gasteiger partial charge in [0.2, 0.25) is 0 Å². The second-order valence-corrected chi connectivity index (χ2v) is 4.88. The van der Waals surface area contributed by atoms with E-state index in [-0.39, 0.29) is 11.6 Å². The Kier molecular flexibility index (Phi) is 7.29. The SMILES string of the molecule is C=C\C=C(/N=C(\C=C(/N)C(=O)NC)CC)c1ccc(N)c(OC)c1. The maximum atomic E-state index is 11.5. The van der Waals surface area contributed by atoms with Gasteiger partial charge in [-0.15, -0.1) is 0 Å². The van der Waals surface area contributed by atoms with Crippen LogP contribution >= 0.6 is 0 Å². The Balaban J connectivity index is 3.32. The van der Waals surface area contributed by atoms with Crippen molar-refractivity contribution in [2.24, 2.45) is 10.7 Å². The highest BCUT2D eigenvalue weighted by Crippen LogP contribution is 2.27. The maximum absolute atomic E-state index is 11.5. The van der Waals surface area contributed by atoms with Gasteiger partial charge in [-0.3, -0.25) is 9.79 Å². The molecule has 0 aliphatic rings. The smallest absolute Gasteiger partial charge is 0.266 e. The van der Waals surface area contributed by atoms with Crippen LogP contribution in [0.1, 0.15) is 18.9 Å². The number of rotatable bonds is 7. The molecule has 0 aliphatic heterocycles. The Labute approximate surface area is 142 Å². The van der Waals surface area contributed by atoms with E-state index in [0.717, 1.165) is 5.56 Å². The first-order valence-corrected chi connectivity index (χ1v) is 7.50. The van der Waals surface area contributed by atoms with Crippen molar-refractivity contribution in [3.05, 3.63) is 54.3 Å². The van der Waals surface area contributed by atoms with Gasteiger partial charge < -0.3 is 21.5 Å². The zero-order chi connectivity index (χ0) is 18.1. The van der Waals surface area contributed by atoms with Gasteiger partial charge >= 0.3 is 0 Å². The molecule has 0 saturated carbocycles. The quantitative estimate of drug-likeness (QED) is 0.309. The summed E-state index contributed by atoms with van der Waals surface area (Å²) in [5, 5.41) is 2.48. The first kappa shape index (κ1) is 19.0. The molecule has 0 radical (unpaired) electrons. The number of carbonyl (C=O) groups is 1. The van der Waals surface area contributed by atoms with Crippen LogP contribution in [-0.4, -0.2) is 25.8 Å². The van der Waals surface area contributed by atoms with Gasteiger partial charge in [0.1, 0.15) is 5.75 Å². The monoisotopic (exact) mass is 328 g/mol. The zero-order valence-electron chi connectivity index (χ0n) is 14.3. The van der Waals surface area contributed by atoms with Crippen LogP contribution < -0.4 is 21.5 Å². The number of nitrogen functional groups attached to an aromatic ring is 1. The minimum Gasteiger partial charge on any atom is -0.495 e. The summed E-state index contributed by atoms with van der Waals surface area (Å²) in [5.74, 6) is 0.218. The molecule has 24 heavy (non-hydrogen) atoms. The molecule has 0 aliphatic carbocycles. The van der Waals surface area contributed by atoms with Gasteiger partial charge in [0, 0.05) is 18.3 Å². The average Bonchev–Trinajstić information content (AvgIpc) is 2.60. The molecule has 1 aromatic rings. The van der Waals surface area contributed by atoms with Crippen molar-refractivity contribution in [2.75, 3.05) is 19.9 Å². The number of amides is 1. The van der Waals surface area contributed by atoms with E-state index in [1.807, 2.05) is 13.0 Å². The van der Waals surface area contributed by atoms with E-state index in [2.05, 4.69) is 16.9 Å². The average molecular weight is 328 g/mol. The molecule has 0 fully saturated rings. The summed E-state index contributed by atoms with van der Waals surface area (Å²) in [7, 11) is 3.08. The molecular weight excluding hydrogens is 304 g/mol. The Morgan fingerprint density at radius 1 is 1.46 bits per heavy atom. The fourth-order valence-corrected chi connectivity index (χ4v) is 1.94. The van der Waals surface area contributed by atoms with Gasteiger partial charge in [0.25, 0.3) is 5.91 Å². The molecule has 1 amide bonds. The molecule has 1 aromatic carbocycles. The number of hydrogen-bond donors (Lipinski definition) is 3. The van der Waals surface area contributed by atoms with E-state index in [1.165, 1.54) is 7.05 Å².